The second-order valence-corrected chi connectivity index (χ2v) is 4.51. The first-order valence-electron chi connectivity index (χ1n) is 6.31. The fourth-order valence-electron chi connectivity index (χ4n) is 2.66. The van der Waals surface area contributed by atoms with Crippen LogP contribution in [0, 0.1) is 0 Å². The SMILES string of the molecule is CCN(CCO)[C@@H]1CCCC[C@@H]1NC(C)=O. The topological polar surface area (TPSA) is 52.6 Å². The lowest BCUT2D eigenvalue weighted by Crippen LogP contribution is -2.53. The summed E-state index contributed by atoms with van der Waals surface area (Å²) in [6.07, 6.45) is 4.60. The molecule has 2 atom stereocenters. The van der Waals surface area contributed by atoms with Crippen LogP contribution in [0.2, 0.25) is 0 Å². The third kappa shape index (κ3) is 3.76. The van der Waals surface area contributed by atoms with Gasteiger partial charge in [0.1, 0.15) is 0 Å². The number of likely N-dealkylation sites (N-methyl/N-ethyl adjacent to an activating group) is 1. The average Bonchev–Trinajstić information content (AvgIpc) is 2.26. The molecule has 1 fully saturated rings. The Morgan fingerprint density at radius 3 is 2.69 bits per heavy atom. The fourth-order valence-corrected chi connectivity index (χ4v) is 2.66. The molecular weight excluding hydrogens is 204 g/mol. The van der Waals surface area contributed by atoms with Gasteiger partial charge < -0.3 is 10.4 Å². The van der Waals surface area contributed by atoms with Crippen molar-refractivity contribution in [3.63, 3.8) is 0 Å². The van der Waals surface area contributed by atoms with Crippen molar-refractivity contribution in [3.05, 3.63) is 0 Å². The Labute approximate surface area is 98.0 Å². The average molecular weight is 228 g/mol. The molecule has 0 heterocycles. The number of amides is 1. The Balaban J connectivity index is 2.60. The van der Waals surface area contributed by atoms with Gasteiger partial charge in [-0.15, -0.1) is 0 Å². The summed E-state index contributed by atoms with van der Waals surface area (Å²) in [7, 11) is 0. The molecule has 16 heavy (non-hydrogen) atoms. The zero-order valence-corrected chi connectivity index (χ0v) is 10.4. The highest BCUT2D eigenvalue weighted by Crippen LogP contribution is 2.23. The number of aliphatic hydroxyl groups is 1. The Morgan fingerprint density at radius 1 is 1.44 bits per heavy atom. The van der Waals surface area contributed by atoms with Crippen LogP contribution in [0.15, 0.2) is 0 Å². The maximum absolute atomic E-state index is 11.1. The van der Waals surface area contributed by atoms with Gasteiger partial charge >= 0.3 is 0 Å². The summed E-state index contributed by atoms with van der Waals surface area (Å²) in [5.41, 5.74) is 0. The van der Waals surface area contributed by atoms with E-state index in [1.54, 1.807) is 6.92 Å². The molecule has 1 aliphatic rings. The van der Waals surface area contributed by atoms with Crippen LogP contribution in [-0.4, -0.2) is 47.7 Å². The Bertz CT molecular complexity index is 221. The predicted molar refractivity (Wildman–Crippen MR) is 64.2 cm³/mol. The molecule has 0 radical (unpaired) electrons. The molecule has 1 rings (SSSR count). The minimum Gasteiger partial charge on any atom is -0.395 e. The van der Waals surface area contributed by atoms with Crippen LogP contribution < -0.4 is 5.32 Å². The number of rotatable bonds is 5. The number of carbonyl (C=O) groups excluding carboxylic acids is 1. The zero-order valence-electron chi connectivity index (χ0n) is 10.4. The summed E-state index contributed by atoms with van der Waals surface area (Å²) >= 11 is 0. The lowest BCUT2D eigenvalue weighted by atomic mass is 9.89. The van der Waals surface area contributed by atoms with E-state index in [9.17, 15) is 4.79 Å². The van der Waals surface area contributed by atoms with Gasteiger partial charge in [-0.1, -0.05) is 19.8 Å². The lowest BCUT2D eigenvalue weighted by Gasteiger charge is -2.39. The van der Waals surface area contributed by atoms with Gasteiger partial charge in [0, 0.05) is 25.6 Å². The highest BCUT2D eigenvalue weighted by atomic mass is 16.3. The molecule has 0 bridgehead atoms. The molecule has 0 unspecified atom stereocenters. The first-order chi connectivity index (χ1) is 7.69. The van der Waals surface area contributed by atoms with E-state index in [0.29, 0.717) is 12.6 Å². The highest BCUT2D eigenvalue weighted by Gasteiger charge is 2.29. The number of aliphatic hydroxyl groups excluding tert-OH is 1. The van der Waals surface area contributed by atoms with Crippen LogP contribution >= 0.6 is 0 Å². The normalized spacial score (nSPS) is 25.8. The van der Waals surface area contributed by atoms with E-state index in [1.165, 1.54) is 12.8 Å². The molecular formula is C12H24N2O2. The summed E-state index contributed by atoms with van der Waals surface area (Å²) < 4.78 is 0. The molecule has 4 heteroatoms. The van der Waals surface area contributed by atoms with Crippen molar-refractivity contribution in [2.75, 3.05) is 19.7 Å². The molecule has 94 valence electrons. The molecule has 0 aromatic rings. The first kappa shape index (κ1) is 13.5. The van der Waals surface area contributed by atoms with Crippen molar-refractivity contribution < 1.29 is 9.90 Å². The van der Waals surface area contributed by atoms with Crippen LogP contribution in [0.4, 0.5) is 0 Å². The van der Waals surface area contributed by atoms with Gasteiger partial charge in [-0.25, -0.2) is 0 Å². The second-order valence-electron chi connectivity index (χ2n) is 4.51. The smallest absolute Gasteiger partial charge is 0.217 e. The number of nitrogens with one attached hydrogen (secondary N) is 1. The number of nitrogens with zero attached hydrogens (tertiary/aromatic N) is 1. The monoisotopic (exact) mass is 228 g/mol. The van der Waals surface area contributed by atoms with Gasteiger partial charge in [0.05, 0.1) is 6.61 Å². The van der Waals surface area contributed by atoms with Crippen LogP contribution in [0.5, 0.6) is 0 Å². The third-order valence-corrected chi connectivity index (χ3v) is 3.38. The van der Waals surface area contributed by atoms with Crippen LogP contribution in [-0.2, 0) is 4.79 Å². The third-order valence-electron chi connectivity index (χ3n) is 3.38. The van der Waals surface area contributed by atoms with E-state index in [1.807, 2.05) is 0 Å². The molecule has 0 saturated heterocycles. The Morgan fingerprint density at radius 2 is 2.12 bits per heavy atom. The van der Waals surface area contributed by atoms with Crippen LogP contribution in [0.25, 0.3) is 0 Å². The van der Waals surface area contributed by atoms with Crippen molar-refractivity contribution in [2.24, 2.45) is 0 Å². The van der Waals surface area contributed by atoms with E-state index in [4.69, 9.17) is 5.11 Å². The molecule has 4 nitrogen and oxygen atoms in total. The van der Waals surface area contributed by atoms with Gasteiger partial charge in [-0.2, -0.15) is 0 Å². The highest BCUT2D eigenvalue weighted by molar-refractivity contribution is 5.73. The summed E-state index contributed by atoms with van der Waals surface area (Å²) in [4.78, 5) is 13.4. The molecule has 1 amide bonds. The fraction of sp³-hybridized carbons (Fsp3) is 0.917. The zero-order chi connectivity index (χ0) is 12.0. The van der Waals surface area contributed by atoms with Crippen molar-refractivity contribution >= 4 is 5.91 Å². The molecule has 0 aliphatic heterocycles. The minimum absolute atomic E-state index is 0.0527. The van der Waals surface area contributed by atoms with Crippen molar-refractivity contribution in [3.8, 4) is 0 Å². The minimum atomic E-state index is 0.0527. The first-order valence-corrected chi connectivity index (χ1v) is 6.31. The van der Waals surface area contributed by atoms with Crippen molar-refractivity contribution in [2.45, 2.75) is 51.6 Å². The Hall–Kier alpha value is -0.610. The maximum atomic E-state index is 11.1. The summed E-state index contributed by atoms with van der Waals surface area (Å²) in [5, 5.41) is 12.1. The summed E-state index contributed by atoms with van der Waals surface area (Å²) in [6, 6.07) is 0.660. The second kappa shape index (κ2) is 6.86. The van der Waals surface area contributed by atoms with E-state index < -0.39 is 0 Å². The number of carbonyl (C=O) groups is 1. The number of hydrogen-bond acceptors (Lipinski definition) is 3. The summed E-state index contributed by atoms with van der Waals surface area (Å²) in [5.74, 6) is 0.0527. The van der Waals surface area contributed by atoms with Gasteiger partial charge in [0.15, 0.2) is 0 Å². The van der Waals surface area contributed by atoms with Crippen molar-refractivity contribution in [1.82, 2.24) is 10.2 Å². The quantitative estimate of drug-likeness (QED) is 0.730. The summed E-state index contributed by atoms with van der Waals surface area (Å²) in [6.45, 7) is 5.51. The molecule has 0 spiro atoms. The van der Waals surface area contributed by atoms with Gasteiger partial charge in [-0.05, 0) is 19.4 Å². The largest absolute Gasteiger partial charge is 0.395 e. The molecule has 0 aromatic carbocycles. The van der Waals surface area contributed by atoms with E-state index >= 15 is 0 Å². The van der Waals surface area contributed by atoms with Crippen LogP contribution in [0.1, 0.15) is 39.5 Å². The van der Waals surface area contributed by atoms with E-state index in [-0.39, 0.29) is 18.6 Å². The van der Waals surface area contributed by atoms with Gasteiger partial charge in [-0.3, -0.25) is 9.69 Å². The van der Waals surface area contributed by atoms with Gasteiger partial charge in [0.2, 0.25) is 5.91 Å². The van der Waals surface area contributed by atoms with E-state index in [0.717, 1.165) is 19.4 Å². The van der Waals surface area contributed by atoms with E-state index in [2.05, 4.69) is 17.1 Å². The lowest BCUT2D eigenvalue weighted by molar-refractivity contribution is -0.120. The van der Waals surface area contributed by atoms with Gasteiger partial charge in [0.25, 0.3) is 0 Å². The Kier molecular flexibility index (Phi) is 5.77. The molecule has 2 N–H and O–H groups in total. The molecule has 1 saturated carbocycles. The molecule has 1 aliphatic carbocycles. The number of hydrogen-bond donors (Lipinski definition) is 2. The maximum Gasteiger partial charge on any atom is 0.217 e. The van der Waals surface area contributed by atoms with Crippen LogP contribution in [0.3, 0.4) is 0 Å². The standard InChI is InChI=1S/C12H24N2O2/c1-3-14(8-9-15)12-7-5-4-6-11(12)13-10(2)16/h11-12,15H,3-9H2,1-2H3,(H,13,16)/t11-,12+/m0/s1. The van der Waals surface area contributed by atoms with Crippen molar-refractivity contribution in [1.29, 1.82) is 0 Å². The predicted octanol–water partition coefficient (Wildman–Crippen LogP) is 0.748. The molecule has 0 aromatic heterocycles.